The lowest BCUT2D eigenvalue weighted by molar-refractivity contribution is 0.156. The Morgan fingerprint density at radius 2 is 2.40 bits per heavy atom. The first-order valence-corrected chi connectivity index (χ1v) is 3.09. The van der Waals surface area contributed by atoms with Crippen molar-refractivity contribution in [2.24, 2.45) is 5.73 Å². The average molecular weight is 141 g/mol. The van der Waals surface area contributed by atoms with Gasteiger partial charge in [-0.1, -0.05) is 0 Å². The van der Waals surface area contributed by atoms with Gasteiger partial charge in [0.25, 0.3) is 0 Å². The van der Waals surface area contributed by atoms with Crippen LogP contribution in [0, 0.1) is 11.8 Å². The fourth-order valence-corrected chi connectivity index (χ4v) is 0.458. The van der Waals surface area contributed by atoms with E-state index in [0.717, 1.165) is 12.8 Å². The van der Waals surface area contributed by atoms with Gasteiger partial charge in [-0.25, -0.2) is 4.79 Å². The highest BCUT2D eigenvalue weighted by Gasteiger charge is 1.90. The van der Waals surface area contributed by atoms with Gasteiger partial charge in [0.15, 0.2) is 0 Å². The molecule has 0 aromatic carbocycles. The van der Waals surface area contributed by atoms with Crippen molar-refractivity contribution >= 4 is 6.09 Å². The number of rotatable bonds is 3. The lowest BCUT2D eigenvalue weighted by atomic mass is 10.3. The summed E-state index contributed by atoms with van der Waals surface area (Å²) < 4.78 is 4.46. The van der Waals surface area contributed by atoms with Gasteiger partial charge in [-0.05, 0) is 13.3 Å². The van der Waals surface area contributed by atoms with Crippen molar-refractivity contribution in [2.75, 3.05) is 6.61 Å². The third-order valence-electron chi connectivity index (χ3n) is 0.867. The van der Waals surface area contributed by atoms with Crippen molar-refractivity contribution in [1.82, 2.24) is 0 Å². The van der Waals surface area contributed by atoms with Crippen LogP contribution in [-0.2, 0) is 4.74 Å². The van der Waals surface area contributed by atoms with E-state index in [-0.39, 0.29) is 0 Å². The summed E-state index contributed by atoms with van der Waals surface area (Å²) in [5.41, 5.74) is 4.71. The molecule has 0 heterocycles. The number of hydrogen-bond donors (Lipinski definition) is 1. The Morgan fingerprint density at radius 1 is 1.70 bits per heavy atom. The minimum absolute atomic E-state index is 0.365. The van der Waals surface area contributed by atoms with E-state index < -0.39 is 6.09 Å². The second kappa shape index (κ2) is 5.96. The number of ether oxygens (including phenoxy) is 1. The van der Waals surface area contributed by atoms with Gasteiger partial charge < -0.3 is 10.5 Å². The maximum atomic E-state index is 10.00. The van der Waals surface area contributed by atoms with E-state index in [2.05, 4.69) is 16.6 Å². The van der Waals surface area contributed by atoms with Gasteiger partial charge in [-0.3, -0.25) is 0 Å². The molecule has 0 atom stereocenters. The van der Waals surface area contributed by atoms with Crippen LogP contribution in [0.15, 0.2) is 0 Å². The highest BCUT2D eigenvalue weighted by molar-refractivity contribution is 5.64. The first-order valence-electron chi connectivity index (χ1n) is 3.09. The number of nitrogens with two attached hydrogens (primary N) is 1. The molecule has 0 rings (SSSR count). The fourth-order valence-electron chi connectivity index (χ4n) is 0.458. The molecule has 3 heteroatoms. The van der Waals surface area contributed by atoms with Gasteiger partial charge in [-0.15, -0.1) is 11.8 Å². The summed E-state index contributed by atoms with van der Waals surface area (Å²) in [6, 6.07) is 0. The molecule has 0 fully saturated rings. The molecule has 0 aromatic rings. The summed E-state index contributed by atoms with van der Waals surface area (Å²) in [5.74, 6) is 5.57. The van der Waals surface area contributed by atoms with Crippen molar-refractivity contribution < 1.29 is 9.53 Å². The predicted molar refractivity (Wildman–Crippen MR) is 38.2 cm³/mol. The molecule has 0 bridgehead atoms. The summed E-state index contributed by atoms with van der Waals surface area (Å²) in [4.78, 5) is 10.00. The van der Waals surface area contributed by atoms with Crippen molar-refractivity contribution in [3.05, 3.63) is 0 Å². The molecule has 3 nitrogen and oxygen atoms in total. The second-order valence-electron chi connectivity index (χ2n) is 1.70. The van der Waals surface area contributed by atoms with E-state index in [1.165, 1.54) is 0 Å². The highest BCUT2D eigenvalue weighted by Crippen LogP contribution is 1.87. The van der Waals surface area contributed by atoms with E-state index >= 15 is 0 Å². The molecule has 10 heavy (non-hydrogen) atoms. The predicted octanol–water partition coefficient (Wildman–Crippen LogP) is 0.885. The first-order chi connectivity index (χ1) is 4.77. The Morgan fingerprint density at radius 3 is 2.90 bits per heavy atom. The SMILES string of the molecule is CC#CCCCOC(N)=O. The smallest absolute Gasteiger partial charge is 0.404 e. The van der Waals surface area contributed by atoms with Gasteiger partial charge in [0.1, 0.15) is 0 Å². The molecule has 2 N–H and O–H groups in total. The van der Waals surface area contributed by atoms with Crippen LogP contribution in [0.4, 0.5) is 4.79 Å². The fraction of sp³-hybridized carbons (Fsp3) is 0.571. The summed E-state index contributed by atoms with van der Waals surface area (Å²) in [6.07, 6.45) is 0.789. The second-order valence-corrected chi connectivity index (χ2v) is 1.70. The lowest BCUT2D eigenvalue weighted by Gasteiger charge is -1.96. The average Bonchev–Trinajstić information content (AvgIpc) is 1.87. The molecule has 0 aliphatic carbocycles. The zero-order valence-electron chi connectivity index (χ0n) is 6.02. The number of primary amides is 1. The van der Waals surface area contributed by atoms with Gasteiger partial charge in [0.2, 0.25) is 0 Å². The van der Waals surface area contributed by atoms with Gasteiger partial charge in [0, 0.05) is 6.42 Å². The Balaban J connectivity index is 3.03. The molecule has 0 aliphatic rings. The summed E-state index contributed by atoms with van der Waals surface area (Å²) >= 11 is 0. The third kappa shape index (κ3) is 6.83. The van der Waals surface area contributed by atoms with Crippen LogP contribution in [-0.4, -0.2) is 12.7 Å². The Labute approximate surface area is 60.5 Å². The molecule has 0 unspecified atom stereocenters. The molecule has 0 aromatic heterocycles. The van der Waals surface area contributed by atoms with E-state index in [4.69, 9.17) is 5.73 Å². The van der Waals surface area contributed by atoms with Crippen molar-refractivity contribution in [3.8, 4) is 11.8 Å². The number of unbranched alkanes of at least 4 members (excludes halogenated alkanes) is 1. The van der Waals surface area contributed by atoms with Gasteiger partial charge >= 0.3 is 6.09 Å². The zero-order valence-corrected chi connectivity index (χ0v) is 6.02. The number of carbonyl (C=O) groups is 1. The van der Waals surface area contributed by atoms with Crippen LogP contribution in [0.5, 0.6) is 0 Å². The quantitative estimate of drug-likeness (QED) is 0.468. The minimum atomic E-state index is -0.718. The molecule has 0 aliphatic heterocycles. The molecule has 0 saturated carbocycles. The largest absolute Gasteiger partial charge is 0.450 e. The molecule has 0 spiro atoms. The highest BCUT2D eigenvalue weighted by atomic mass is 16.5. The summed E-state index contributed by atoms with van der Waals surface area (Å²) in [6.45, 7) is 2.14. The van der Waals surface area contributed by atoms with Crippen LogP contribution < -0.4 is 5.73 Å². The van der Waals surface area contributed by atoms with Crippen LogP contribution in [0.1, 0.15) is 19.8 Å². The third-order valence-corrected chi connectivity index (χ3v) is 0.867. The van der Waals surface area contributed by atoms with Crippen molar-refractivity contribution in [3.63, 3.8) is 0 Å². The Bertz CT molecular complexity index is 155. The zero-order chi connectivity index (χ0) is 7.82. The van der Waals surface area contributed by atoms with E-state index in [9.17, 15) is 4.79 Å². The topological polar surface area (TPSA) is 52.3 Å². The van der Waals surface area contributed by atoms with Crippen molar-refractivity contribution in [1.29, 1.82) is 0 Å². The maximum absolute atomic E-state index is 10.00. The maximum Gasteiger partial charge on any atom is 0.404 e. The van der Waals surface area contributed by atoms with Gasteiger partial charge in [-0.2, -0.15) is 0 Å². The molecular formula is C7H11NO2. The van der Waals surface area contributed by atoms with Gasteiger partial charge in [0.05, 0.1) is 6.61 Å². The van der Waals surface area contributed by atoms with Crippen LogP contribution in [0.25, 0.3) is 0 Å². The number of carbonyl (C=O) groups excluding carboxylic acids is 1. The monoisotopic (exact) mass is 141 g/mol. The minimum Gasteiger partial charge on any atom is -0.450 e. The Hall–Kier alpha value is -1.17. The molecule has 1 amide bonds. The van der Waals surface area contributed by atoms with Crippen LogP contribution >= 0.6 is 0 Å². The van der Waals surface area contributed by atoms with E-state index in [1.807, 2.05) is 0 Å². The Kier molecular flexibility index (Phi) is 5.26. The first kappa shape index (κ1) is 8.83. The van der Waals surface area contributed by atoms with Crippen molar-refractivity contribution in [2.45, 2.75) is 19.8 Å². The number of amides is 1. The van der Waals surface area contributed by atoms with Crippen LogP contribution in [0.3, 0.4) is 0 Å². The molecule has 0 radical (unpaired) electrons. The summed E-state index contributed by atoms with van der Waals surface area (Å²) in [5, 5.41) is 0. The lowest BCUT2D eigenvalue weighted by Crippen LogP contribution is -2.13. The number of hydrogen-bond acceptors (Lipinski definition) is 2. The molecule has 0 saturated heterocycles. The standard InChI is InChI=1S/C7H11NO2/c1-2-3-4-5-6-10-7(8)9/h4-6H2,1H3,(H2,8,9). The summed E-state index contributed by atoms with van der Waals surface area (Å²) in [7, 11) is 0. The van der Waals surface area contributed by atoms with E-state index in [1.54, 1.807) is 6.92 Å². The molecule has 56 valence electrons. The van der Waals surface area contributed by atoms with E-state index in [0.29, 0.717) is 6.61 Å². The normalized spacial score (nSPS) is 7.70. The van der Waals surface area contributed by atoms with Crippen LogP contribution in [0.2, 0.25) is 0 Å². The molecular weight excluding hydrogens is 130 g/mol.